The molecule has 0 radical (unpaired) electrons. The molecule has 0 aromatic heterocycles. The minimum Gasteiger partial charge on any atom is -0.309 e. The predicted molar refractivity (Wildman–Crippen MR) is 41.4 cm³/mol. The van der Waals surface area contributed by atoms with Crippen LogP contribution < -0.4 is 0 Å². The van der Waals surface area contributed by atoms with E-state index in [0.717, 1.165) is 5.56 Å². The summed E-state index contributed by atoms with van der Waals surface area (Å²) in [6, 6.07) is 5.85. The van der Waals surface area contributed by atoms with E-state index in [1.54, 1.807) is 19.1 Å². The molecule has 11 heavy (non-hydrogen) atoms. The number of hydrogen-bond acceptors (Lipinski definition) is 0. The van der Waals surface area contributed by atoms with Crippen molar-refractivity contribution in [2.75, 3.05) is 0 Å². The second kappa shape index (κ2) is 3.16. The fourth-order valence-corrected chi connectivity index (χ4v) is 0.816. The van der Waals surface area contributed by atoms with Crippen LogP contribution in [-0.2, 0) is 0 Å². The lowest BCUT2D eigenvalue weighted by Gasteiger charge is -1.97. The van der Waals surface area contributed by atoms with Crippen molar-refractivity contribution < 1.29 is 4.39 Å². The fraction of sp³-hybridized carbons (Fsp3) is 0.222. The number of rotatable bonds is 1. The van der Waals surface area contributed by atoms with Gasteiger partial charge in [-0.3, -0.25) is 0 Å². The normalized spacial score (nSPS) is 12.1. The molecule has 1 aromatic rings. The summed E-state index contributed by atoms with van der Waals surface area (Å²) in [5, 5.41) is 0. The van der Waals surface area contributed by atoms with Crippen LogP contribution in [-0.4, -0.2) is 0 Å². The van der Waals surface area contributed by atoms with E-state index in [1.165, 1.54) is 12.1 Å². The van der Waals surface area contributed by atoms with Gasteiger partial charge in [0.05, 0.1) is 0 Å². The van der Waals surface area contributed by atoms with Gasteiger partial charge in [-0.2, -0.15) is 0 Å². The summed E-state index contributed by atoms with van der Waals surface area (Å²) in [5.41, 5.74) is 0.862. The summed E-state index contributed by atoms with van der Waals surface area (Å²) in [6.07, 6.45) is 0. The molecule has 0 aliphatic heterocycles. The Kier molecular flexibility index (Phi) is 2.22. The maximum absolute atomic E-state index is 12.4. The van der Waals surface area contributed by atoms with Crippen LogP contribution in [0.1, 0.15) is 18.5 Å². The highest BCUT2D eigenvalue weighted by Crippen LogP contribution is 2.15. The third kappa shape index (κ3) is 1.78. The van der Waals surface area contributed by atoms with Crippen molar-refractivity contribution in [3.63, 3.8) is 0 Å². The zero-order chi connectivity index (χ0) is 8.27. The highest BCUT2D eigenvalue weighted by Gasteiger charge is 2.06. The lowest BCUT2D eigenvalue weighted by Crippen LogP contribution is -1.85. The van der Waals surface area contributed by atoms with Gasteiger partial charge in [-0.1, -0.05) is 0 Å². The first kappa shape index (κ1) is 7.74. The van der Waals surface area contributed by atoms with Crippen LogP contribution in [0.25, 0.3) is 4.85 Å². The van der Waals surface area contributed by atoms with Gasteiger partial charge in [-0.15, -0.1) is 0 Å². The van der Waals surface area contributed by atoms with Gasteiger partial charge >= 0.3 is 0 Å². The van der Waals surface area contributed by atoms with Crippen LogP contribution in [0.15, 0.2) is 24.3 Å². The van der Waals surface area contributed by atoms with Crippen molar-refractivity contribution in [1.82, 2.24) is 0 Å². The summed E-state index contributed by atoms with van der Waals surface area (Å²) in [5.74, 6) is -0.258. The Bertz CT molecular complexity index is 271. The summed E-state index contributed by atoms with van der Waals surface area (Å²) in [7, 11) is 0. The lowest BCUT2D eigenvalue weighted by molar-refractivity contribution is 0.626. The second-order valence-electron chi connectivity index (χ2n) is 2.36. The maximum atomic E-state index is 12.4. The third-order valence-corrected chi connectivity index (χ3v) is 1.55. The minimum atomic E-state index is -0.258. The molecule has 0 N–H and O–H groups in total. The molecule has 0 spiro atoms. The van der Waals surface area contributed by atoms with Crippen molar-refractivity contribution in [3.05, 3.63) is 47.1 Å². The van der Waals surface area contributed by atoms with Gasteiger partial charge in [-0.25, -0.2) is 11.0 Å². The monoisotopic (exact) mass is 149 g/mol. The van der Waals surface area contributed by atoms with E-state index < -0.39 is 0 Å². The zero-order valence-corrected chi connectivity index (χ0v) is 6.21. The smallest absolute Gasteiger partial charge is 0.245 e. The topological polar surface area (TPSA) is 4.36 Å². The first-order chi connectivity index (χ1) is 5.24. The zero-order valence-electron chi connectivity index (χ0n) is 6.21. The van der Waals surface area contributed by atoms with Crippen molar-refractivity contribution in [1.29, 1.82) is 0 Å². The lowest BCUT2D eigenvalue weighted by atomic mass is 10.1. The Morgan fingerprint density at radius 1 is 1.36 bits per heavy atom. The molecule has 1 rings (SSSR count). The van der Waals surface area contributed by atoms with Gasteiger partial charge in [0.1, 0.15) is 5.82 Å². The van der Waals surface area contributed by atoms with E-state index >= 15 is 0 Å². The van der Waals surface area contributed by atoms with Crippen molar-refractivity contribution in [2.45, 2.75) is 13.0 Å². The molecule has 0 heterocycles. The summed E-state index contributed by atoms with van der Waals surface area (Å²) in [6.45, 7) is 8.52. The van der Waals surface area contributed by atoms with E-state index in [-0.39, 0.29) is 11.9 Å². The Hall–Kier alpha value is -1.36. The van der Waals surface area contributed by atoms with Gasteiger partial charge in [-0.05, 0) is 24.3 Å². The molecule has 0 aliphatic rings. The van der Waals surface area contributed by atoms with Crippen LogP contribution in [0.2, 0.25) is 0 Å². The molecule has 0 saturated heterocycles. The summed E-state index contributed by atoms with van der Waals surface area (Å²) >= 11 is 0. The van der Waals surface area contributed by atoms with Crippen LogP contribution in [0, 0.1) is 12.4 Å². The number of nitrogens with zero attached hydrogens (tertiary/aromatic N) is 1. The van der Waals surface area contributed by atoms with Gasteiger partial charge in [0.2, 0.25) is 6.04 Å². The van der Waals surface area contributed by atoms with E-state index in [9.17, 15) is 4.39 Å². The molecule has 0 bridgehead atoms. The van der Waals surface area contributed by atoms with Gasteiger partial charge in [0.15, 0.2) is 0 Å². The molecule has 0 aliphatic carbocycles. The van der Waals surface area contributed by atoms with Crippen LogP contribution >= 0.6 is 0 Å². The highest BCUT2D eigenvalue weighted by atomic mass is 19.1. The molecule has 0 fully saturated rings. The third-order valence-electron chi connectivity index (χ3n) is 1.55. The molecule has 1 aromatic carbocycles. The standard InChI is InChI=1S/C9H8FN/c1-7(11-2)8-3-5-9(10)6-4-8/h3-7H,1H3/t7-/m0/s1. The second-order valence-corrected chi connectivity index (χ2v) is 2.36. The van der Waals surface area contributed by atoms with Crippen molar-refractivity contribution >= 4 is 0 Å². The average molecular weight is 149 g/mol. The SMILES string of the molecule is [C-]#[N+][C@@H](C)c1ccc(F)cc1. The molecule has 0 saturated carbocycles. The molecule has 2 heteroatoms. The number of hydrogen-bond donors (Lipinski definition) is 0. The van der Waals surface area contributed by atoms with Crippen LogP contribution in [0.4, 0.5) is 4.39 Å². The Labute approximate surface area is 65.3 Å². The Morgan fingerprint density at radius 2 is 1.91 bits per heavy atom. The van der Waals surface area contributed by atoms with Crippen molar-refractivity contribution in [3.8, 4) is 0 Å². The van der Waals surface area contributed by atoms with Gasteiger partial charge in [0, 0.05) is 12.5 Å². The summed E-state index contributed by atoms with van der Waals surface area (Å²) in [4.78, 5) is 3.32. The highest BCUT2D eigenvalue weighted by molar-refractivity contribution is 5.21. The Balaban J connectivity index is 2.92. The summed E-state index contributed by atoms with van der Waals surface area (Å²) < 4.78 is 12.4. The molecule has 1 nitrogen and oxygen atoms in total. The number of benzene rings is 1. The first-order valence-electron chi connectivity index (χ1n) is 3.36. The Morgan fingerprint density at radius 3 is 2.36 bits per heavy atom. The largest absolute Gasteiger partial charge is 0.309 e. The quantitative estimate of drug-likeness (QED) is 0.541. The van der Waals surface area contributed by atoms with E-state index in [0.29, 0.717) is 0 Å². The first-order valence-corrected chi connectivity index (χ1v) is 3.36. The van der Waals surface area contributed by atoms with Crippen LogP contribution in [0.3, 0.4) is 0 Å². The van der Waals surface area contributed by atoms with Gasteiger partial charge < -0.3 is 4.85 Å². The predicted octanol–water partition coefficient (Wildman–Crippen LogP) is 2.81. The van der Waals surface area contributed by atoms with Crippen molar-refractivity contribution in [2.24, 2.45) is 0 Å². The number of halogens is 1. The van der Waals surface area contributed by atoms with E-state index in [2.05, 4.69) is 4.85 Å². The molecular weight excluding hydrogens is 141 g/mol. The fourth-order valence-electron chi connectivity index (χ4n) is 0.816. The van der Waals surface area contributed by atoms with Crippen LogP contribution in [0.5, 0.6) is 0 Å². The minimum absolute atomic E-state index is 0.171. The molecular formula is C9H8FN. The maximum Gasteiger partial charge on any atom is 0.245 e. The average Bonchev–Trinajstić information content (AvgIpc) is 2.05. The molecule has 1 atom stereocenters. The molecule has 0 unspecified atom stereocenters. The van der Waals surface area contributed by atoms with E-state index in [4.69, 9.17) is 6.57 Å². The van der Waals surface area contributed by atoms with Gasteiger partial charge in [0.25, 0.3) is 0 Å². The molecule has 0 amide bonds. The molecule has 56 valence electrons. The van der Waals surface area contributed by atoms with E-state index in [1.807, 2.05) is 0 Å².